The highest BCUT2D eigenvalue weighted by Gasteiger charge is 1.83. The monoisotopic (exact) mass is 346 g/mol. The molecule has 3 heteroatoms. The van der Waals surface area contributed by atoms with E-state index in [0.717, 1.165) is 6.61 Å². The van der Waals surface area contributed by atoms with E-state index in [0.29, 0.717) is 0 Å². The smallest absolute Gasteiger partial charge is 0.0662 e. The first-order valence-corrected chi connectivity index (χ1v) is 8.48. The molecule has 0 rings (SSSR count). The molecule has 2 N–H and O–H groups in total. The molecule has 0 radical (unpaired) electrons. The highest BCUT2D eigenvalue weighted by Crippen LogP contribution is 1.97. The van der Waals surface area contributed by atoms with Crippen molar-refractivity contribution in [3.8, 4) is 0 Å². The third-order valence-electron chi connectivity index (χ3n) is 1.30. The summed E-state index contributed by atoms with van der Waals surface area (Å²) in [5, 5.41) is 15.2. The molecule has 0 fully saturated rings. The Balaban J connectivity index is -0.0000000436. The van der Waals surface area contributed by atoms with E-state index < -0.39 is 0 Å². The van der Waals surface area contributed by atoms with E-state index in [4.69, 9.17) is 14.9 Å². The Hall–Kier alpha value is -1.16. The van der Waals surface area contributed by atoms with Crippen molar-refractivity contribution >= 4 is 0 Å². The fourth-order valence-electron chi connectivity index (χ4n) is 0.673. The van der Waals surface area contributed by atoms with Gasteiger partial charge in [-0.1, -0.05) is 50.5 Å². The van der Waals surface area contributed by atoms with Crippen LogP contribution in [0.4, 0.5) is 0 Å². The lowest BCUT2D eigenvalue weighted by molar-refractivity contribution is 0.186. The summed E-state index contributed by atoms with van der Waals surface area (Å²) in [7, 11) is 1.76. The third-order valence-corrected chi connectivity index (χ3v) is 1.30. The van der Waals surface area contributed by atoms with Gasteiger partial charge in [-0.2, -0.15) is 0 Å². The Kier molecular flexibility index (Phi) is 129. The maximum absolute atomic E-state index is 7.62. The highest BCUT2D eigenvalue weighted by atomic mass is 16.5. The standard InChI is InChI=1S/C7H16O.4C3H6.C2H6O2/c1-3-4-5-6-7-8-2;4*1-3-2;3-1-2-4/h3-7H2,1-2H3;4*3H,1H2,2H3;3-4H,1-2H2. The van der Waals surface area contributed by atoms with E-state index in [2.05, 4.69) is 33.2 Å². The highest BCUT2D eigenvalue weighted by molar-refractivity contribution is 4.52. The fraction of sp³-hybridized carbons (Fsp3) is 0.619. The van der Waals surface area contributed by atoms with Crippen LogP contribution < -0.4 is 0 Å². The van der Waals surface area contributed by atoms with Crippen molar-refractivity contribution < 1.29 is 14.9 Å². The average Bonchev–Trinajstić information content (AvgIpc) is 2.55. The minimum atomic E-state index is -0.125. The normalized spacial score (nSPS) is 6.67. The van der Waals surface area contributed by atoms with Crippen LogP contribution >= 0.6 is 0 Å². The predicted octanol–water partition coefficient (Wildman–Crippen LogP) is 5.95. The first kappa shape index (κ1) is 38.4. The molecule has 0 aliphatic rings. The summed E-state index contributed by atoms with van der Waals surface area (Å²) < 4.78 is 4.89. The molecule has 0 amide bonds. The second-order valence-electron chi connectivity index (χ2n) is 4.13. The number of hydrogen-bond donors (Lipinski definition) is 2. The molecule has 3 nitrogen and oxygen atoms in total. The summed E-state index contributed by atoms with van der Waals surface area (Å²) in [6.45, 7) is 23.9. The van der Waals surface area contributed by atoms with Gasteiger partial charge >= 0.3 is 0 Å². The predicted molar refractivity (Wildman–Crippen MR) is 114 cm³/mol. The SMILES string of the molecule is C=CC.C=CC.C=CC.C=CC.CCCCCCOC.OCCO. The van der Waals surface area contributed by atoms with Crippen LogP contribution in [0.2, 0.25) is 0 Å². The van der Waals surface area contributed by atoms with E-state index in [1.54, 1.807) is 31.4 Å². The van der Waals surface area contributed by atoms with Gasteiger partial charge in [0.15, 0.2) is 0 Å². The molecule has 0 saturated carbocycles. The van der Waals surface area contributed by atoms with E-state index in [1.807, 2.05) is 27.7 Å². The van der Waals surface area contributed by atoms with E-state index in [-0.39, 0.29) is 13.2 Å². The van der Waals surface area contributed by atoms with Crippen molar-refractivity contribution in [2.45, 2.75) is 60.3 Å². The first-order valence-electron chi connectivity index (χ1n) is 8.48. The molecule has 0 aromatic rings. The van der Waals surface area contributed by atoms with Gasteiger partial charge in [-0.25, -0.2) is 0 Å². The van der Waals surface area contributed by atoms with Crippen LogP contribution in [0.3, 0.4) is 0 Å². The molecule has 0 saturated heterocycles. The van der Waals surface area contributed by atoms with Crippen molar-refractivity contribution in [2.75, 3.05) is 26.9 Å². The van der Waals surface area contributed by atoms with Gasteiger partial charge < -0.3 is 14.9 Å². The Morgan fingerprint density at radius 1 is 0.708 bits per heavy atom. The van der Waals surface area contributed by atoms with Crippen LogP contribution in [0.1, 0.15) is 60.3 Å². The summed E-state index contributed by atoms with van der Waals surface area (Å²) >= 11 is 0. The van der Waals surface area contributed by atoms with Gasteiger partial charge in [0.25, 0.3) is 0 Å². The summed E-state index contributed by atoms with van der Waals surface area (Å²) in [5.41, 5.74) is 0. The number of methoxy groups -OCH3 is 1. The van der Waals surface area contributed by atoms with Crippen LogP contribution in [0, 0.1) is 0 Å². The van der Waals surface area contributed by atoms with E-state index >= 15 is 0 Å². The Morgan fingerprint density at radius 2 is 1.00 bits per heavy atom. The van der Waals surface area contributed by atoms with Crippen molar-refractivity contribution in [1.82, 2.24) is 0 Å². The molecule has 0 heterocycles. The summed E-state index contributed by atoms with van der Waals surface area (Å²) in [6.07, 6.45) is 12.2. The molecule has 0 bridgehead atoms. The summed E-state index contributed by atoms with van der Waals surface area (Å²) in [6, 6.07) is 0. The number of aliphatic hydroxyl groups excluding tert-OH is 2. The van der Waals surface area contributed by atoms with Crippen LogP contribution in [-0.4, -0.2) is 37.1 Å². The number of ether oxygens (including phenoxy) is 1. The van der Waals surface area contributed by atoms with Gasteiger partial charge in [0, 0.05) is 13.7 Å². The molecule has 0 aliphatic heterocycles. The maximum atomic E-state index is 7.62. The molecule has 0 aliphatic carbocycles. The quantitative estimate of drug-likeness (QED) is 0.461. The van der Waals surface area contributed by atoms with E-state index in [9.17, 15) is 0 Å². The number of rotatable bonds is 6. The Bertz CT molecular complexity index is 146. The minimum Gasteiger partial charge on any atom is -0.394 e. The number of allylic oxidation sites excluding steroid dienone is 4. The van der Waals surface area contributed by atoms with Crippen molar-refractivity contribution in [2.24, 2.45) is 0 Å². The van der Waals surface area contributed by atoms with Crippen molar-refractivity contribution in [3.63, 3.8) is 0 Å². The topological polar surface area (TPSA) is 49.7 Å². The maximum Gasteiger partial charge on any atom is 0.0662 e. The van der Waals surface area contributed by atoms with Crippen LogP contribution in [0.25, 0.3) is 0 Å². The molecule has 0 aromatic heterocycles. The third kappa shape index (κ3) is 350. The molecule has 0 aromatic carbocycles. The molecule has 24 heavy (non-hydrogen) atoms. The summed E-state index contributed by atoms with van der Waals surface area (Å²) in [4.78, 5) is 0. The Morgan fingerprint density at radius 3 is 1.17 bits per heavy atom. The fourth-order valence-corrected chi connectivity index (χ4v) is 0.673. The molecular formula is C21H46O3. The number of hydrogen-bond acceptors (Lipinski definition) is 3. The average molecular weight is 347 g/mol. The number of aliphatic hydroxyl groups is 2. The van der Waals surface area contributed by atoms with Gasteiger partial charge in [0.05, 0.1) is 13.2 Å². The lowest BCUT2D eigenvalue weighted by Crippen LogP contribution is -1.86. The van der Waals surface area contributed by atoms with Crippen LogP contribution in [-0.2, 0) is 4.74 Å². The second-order valence-corrected chi connectivity index (χ2v) is 4.13. The lowest BCUT2D eigenvalue weighted by Gasteiger charge is -1.95. The molecule has 0 unspecified atom stereocenters. The largest absolute Gasteiger partial charge is 0.394 e. The molecule has 148 valence electrons. The van der Waals surface area contributed by atoms with Crippen molar-refractivity contribution in [3.05, 3.63) is 50.6 Å². The zero-order valence-corrected chi connectivity index (χ0v) is 17.4. The van der Waals surface area contributed by atoms with E-state index in [1.165, 1.54) is 25.7 Å². The minimum absolute atomic E-state index is 0.125. The van der Waals surface area contributed by atoms with Gasteiger partial charge in [0.2, 0.25) is 0 Å². The Labute approximate surface area is 153 Å². The van der Waals surface area contributed by atoms with Gasteiger partial charge in [0.1, 0.15) is 0 Å². The van der Waals surface area contributed by atoms with Crippen LogP contribution in [0.5, 0.6) is 0 Å². The van der Waals surface area contributed by atoms with Gasteiger partial charge in [-0.15, -0.1) is 26.3 Å². The van der Waals surface area contributed by atoms with Crippen LogP contribution in [0.15, 0.2) is 50.6 Å². The van der Waals surface area contributed by atoms with Crippen molar-refractivity contribution in [1.29, 1.82) is 0 Å². The first-order chi connectivity index (χ1) is 11.5. The van der Waals surface area contributed by atoms with Gasteiger partial charge in [-0.3, -0.25) is 0 Å². The molecule has 0 spiro atoms. The molecule has 0 atom stereocenters. The van der Waals surface area contributed by atoms with Gasteiger partial charge in [-0.05, 0) is 34.1 Å². The number of unbranched alkanes of at least 4 members (excludes halogenated alkanes) is 3. The molecular weight excluding hydrogens is 300 g/mol. The zero-order valence-electron chi connectivity index (χ0n) is 17.4. The zero-order chi connectivity index (χ0) is 20.5. The second kappa shape index (κ2) is 80.7. The lowest BCUT2D eigenvalue weighted by atomic mass is 10.2. The summed E-state index contributed by atoms with van der Waals surface area (Å²) in [5.74, 6) is 0.